The van der Waals surface area contributed by atoms with Crippen molar-refractivity contribution < 1.29 is 9.90 Å². The summed E-state index contributed by atoms with van der Waals surface area (Å²) in [6.07, 6.45) is 1.32. The predicted octanol–water partition coefficient (Wildman–Crippen LogP) is 1.46. The SMILES string of the molecule is CCC(CCO)NC(=O)c1sc(N(CC)CC)nc1N. The number of carbonyl (C=O) groups excluding carboxylic acids is 1. The Kier molecular flexibility index (Phi) is 6.74. The number of amides is 1. The van der Waals surface area contributed by atoms with Gasteiger partial charge in [-0.3, -0.25) is 4.79 Å². The molecular formula is C13H24N4O2S. The zero-order valence-corrected chi connectivity index (χ0v) is 13.2. The molecule has 1 heterocycles. The molecule has 7 heteroatoms. The van der Waals surface area contributed by atoms with Crippen LogP contribution >= 0.6 is 11.3 Å². The fourth-order valence-electron chi connectivity index (χ4n) is 1.90. The van der Waals surface area contributed by atoms with Crippen LogP contribution in [0.15, 0.2) is 0 Å². The molecule has 4 N–H and O–H groups in total. The summed E-state index contributed by atoms with van der Waals surface area (Å²) in [5.74, 6) is 0.0620. The number of aromatic nitrogens is 1. The number of aliphatic hydroxyl groups excluding tert-OH is 1. The molecule has 20 heavy (non-hydrogen) atoms. The first kappa shape index (κ1) is 16.7. The molecule has 0 saturated heterocycles. The topological polar surface area (TPSA) is 91.5 Å². The molecule has 6 nitrogen and oxygen atoms in total. The van der Waals surface area contributed by atoms with Gasteiger partial charge in [-0.2, -0.15) is 0 Å². The van der Waals surface area contributed by atoms with Crippen molar-refractivity contribution in [3.8, 4) is 0 Å². The Morgan fingerprint density at radius 1 is 1.45 bits per heavy atom. The minimum Gasteiger partial charge on any atom is -0.396 e. The lowest BCUT2D eigenvalue weighted by molar-refractivity contribution is 0.0934. The highest BCUT2D eigenvalue weighted by Gasteiger charge is 2.20. The van der Waals surface area contributed by atoms with Crippen LogP contribution in [0, 0.1) is 0 Å². The van der Waals surface area contributed by atoms with Gasteiger partial charge in [0.25, 0.3) is 5.91 Å². The molecule has 114 valence electrons. The molecule has 0 saturated carbocycles. The van der Waals surface area contributed by atoms with E-state index in [2.05, 4.69) is 15.2 Å². The number of hydrogen-bond acceptors (Lipinski definition) is 6. The highest BCUT2D eigenvalue weighted by molar-refractivity contribution is 7.18. The molecular weight excluding hydrogens is 276 g/mol. The minimum absolute atomic E-state index is 0.0362. The lowest BCUT2D eigenvalue weighted by atomic mass is 10.1. The fourth-order valence-corrected chi connectivity index (χ4v) is 2.91. The smallest absolute Gasteiger partial charge is 0.265 e. The molecule has 0 bridgehead atoms. The van der Waals surface area contributed by atoms with Crippen molar-refractivity contribution in [3.63, 3.8) is 0 Å². The summed E-state index contributed by atoms with van der Waals surface area (Å²) >= 11 is 1.31. The van der Waals surface area contributed by atoms with Crippen molar-refractivity contribution in [1.29, 1.82) is 0 Å². The Morgan fingerprint density at radius 2 is 2.10 bits per heavy atom. The second-order valence-electron chi connectivity index (χ2n) is 4.47. The van der Waals surface area contributed by atoms with Crippen LogP contribution < -0.4 is 16.0 Å². The maximum absolute atomic E-state index is 12.2. The van der Waals surface area contributed by atoms with Gasteiger partial charge in [0, 0.05) is 25.7 Å². The van der Waals surface area contributed by atoms with E-state index < -0.39 is 0 Å². The van der Waals surface area contributed by atoms with E-state index >= 15 is 0 Å². The standard InChI is InChI=1S/C13H24N4O2S/c1-4-9(7-8-18)15-12(19)10-11(14)16-13(20-10)17(5-2)6-3/h9,18H,4-8,14H2,1-3H3,(H,15,19). The Balaban J connectivity index is 2.83. The van der Waals surface area contributed by atoms with E-state index in [-0.39, 0.29) is 24.4 Å². The van der Waals surface area contributed by atoms with Crippen molar-refractivity contribution in [2.24, 2.45) is 0 Å². The number of thiazole rings is 1. The summed E-state index contributed by atoms with van der Waals surface area (Å²) in [4.78, 5) is 19.0. The Morgan fingerprint density at radius 3 is 2.60 bits per heavy atom. The van der Waals surface area contributed by atoms with E-state index in [0.717, 1.165) is 24.6 Å². The quantitative estimate of drug-likeness (QED) is 0.676. The van der Waals surface area contributed by atoms with Crippen LogP contribution in [0.25, 0.3) is 0 Å². The zero-order valence-electron chi connectivity index (χ0n) is 12.3. The highest BCUT2D eigenvalue weighted by atomic mass is 32.1. The summed E-state index contributed by atoms with van der Waals surface area (Å²) in [6.45, 7) is 7.75. The van der Waals surface area contributed by atoms with E-state index in [0.29, 0.717) is 11.3 Å². The third-order valence-corrected chi connectivity index (χ3v) is 4.32. The Hall–Kier alpha value is -1.34. The molecule has 0 radical (unpaired) electrons. The van der Waals surface area contributed by atoms with Gasteiger partial charge in [0.1, 0.15) is 10.7 Å². The molecule has 1 atom stereocenters. The number of nitrogen functional groups attached to an aromatic ring is 1. The lowest BCUT2D eigenvalue weighted by Gasteiger charge is -2.16. The first-order chi connectivity index (χ1) is 9.57. The van der Waals surface area contributed by atoms with E-state index in [1.807, 2.05) is 20.8 Å². The molecule has 1 amide bonds. The second kappa shape index (κ2) is 8.06. The number of nitrogens with two attached hydrogens (primary N) is 1. The third-order valence-electron chi connectivity index (χ3n) is 3.19. The molecule has 1 aromatic heterocycles. The molecule has 1 unspecified atom stereocenters. The van der Waals surface area contributed by atoms with E-state index in [1.54, 1.807) is 0 Å². The van der Waals surface area contributed by atoms with Gasteiger partial charge in [-0.15, -0.1) is 0 Å². The van der Waals surface area contributed by atoms with Gasteiger partial charge >= 0.3 is 0 Å². The van der Waals surface area contributed by atoms with Gasteiger partial charge in [0.05, 0.1) is 0 Å². The average molecular weight is 300 g/mol. The van der Waals surface area contributed by atoms with Crippen LogP contribution in [-0.4, -0.2) is 41.7 Å². The van der Waals surface area contributed by atoms with Crippen molar-refractivity contribution in [2.75, 3.05) is 30.3 Å². The lowest BCUT2D eigenvalue weighted by Crippen LogP contribution is -2.34. The van der Waals surface area contributed by atoms with Gasteiger partial charge < -0.3 is 21.1 Å². The monoisotopic (exact) mass is 300 g/mol. The zero-order chi connectivity index (χ0) is 15.1. The number of hydrogen-bond donors (Lipinski definition) is 3. The molecule has 1 rings (SSSR count). The van der Waals surface area contributed by atoms with Crippen molar-refractivity contribution >= 4 is 28.2 Å². The first-order valence-electron chi connectivity index (χ1n) is 7.00. The van der Waals surface area contributed by atoms with Crippen molar-refractivity contribution in [3.05, 3.63) is 4.88 Å². The predicted molar refractivity (Wildman–Crippen MR) is 83.3 cm³/mol. The normalized spacial score (nSPS) is 12.2. The largest absolute Gasteiger partial charge is 0.396 e. The van der Waals surface area contributed by atoms with Crippen LogP contribution in [0.2, 0.25) is 0 Å². The summed E-state index contributed by atoms with van der Waals surface area (Å²) in [6, 6.07) is -0.0362. The number of nitrogens with zero attached hydrogens (tertiary/aromatic N) is 2. The van der Waals surface area contributed by atoms with E-state index in [1.165, 1.54) is 11.3 Å². The Bertz CT molecular complexity index is 432. The number of carbonyl (C=O) groups is 1. The van der Waals surface area contributed by atoms with Crippen LogP contribution in [0.1, 0.15) is 43.3 Å². The summed E-state index contributed by atoms with van der Waals surface area (Å²) in [5, 5.41) is 12.6. The van der Waals surface area contributed by atoms with Gasteiger partial charge in [0.15, 0.2) is 5.13 Å². The van der Waals surface area contributed by atoms with Crippen LogP contribution in [0.4, 0.5) is 10.9 Å². The molecule has 0 aromatic carbocycles. The van der Waals surface area contributed by atoms with Crippen molar-refractivity contribution in [1.82, 2.24) is 10.3 Å². The highest BCUT2D eigenvalue weighted by Crippen LogP contribution is 2.28. The summed E-state index contributed by atoms with van der Waals surface area (Å²) < 4.78 is 0. The molecule has 0 spiro atoms. The van der Waals surface area contributed by atoms with Crippen LogP contribution in [0.3, 0.4) is 0 Å². The summed E-state index contributed by atoms with van der Waals surface area (Å²) in [5.41, 5.74) is 5.84. The minimum atomic E-state index is -0.210. The maximum atomic E-state index is 12.2. The molecule has 0 fully saturated rings. The fraction of sp³-hybridized carbons (Fsp3) is 0.692. The number of aliphatic hydroxyl groups is 1. The number of anilines is 2. The number of rotatable bonds is 8. The maximum Gasteiger partial charge on any atom is 0.265 e. The molecule has 0 aliphatic heterocycles. The summed E-state index contributed by atoms with van der Waals surface area (Å²) in [7, 11) is 0. The van der Waals surface area contributed by atoms with Crippen molar-refractivity contribution in [2.45, 2.75) is 39.7 Å². The first-order valence-corrected chi connectivity index (χ1v) is 7.81. The third kappa shape index (κ3) is 4.08. The van der Waals surface area contributed by atoms with Gasteiger partial charge in [-0.25, -0.2) is 4.98 Å². The van der Waals surface area contributed by atoms with E-state index in [9.17, 15) is 4.79 Å². The molecule has 0 aliphatic carbocycles. The van der Waals surface area contributed by atoms with Gasteiger partial charge in [0.2, 0.25) is 0 Å². The van der Waals surface area contributed by atoms with Crippen LogP contribution in [-0.2, 0) is 0 Å². The Labute approximate surface area is 124 Å². The van der Waals surface area contributed by atoms with Gasteiger partial charge in [-0.1, -0.05) is 18.3 Å². The van der Waals surface area contributed by atoms with E-state index in [4.69, 9.17) is 10.8 Å². The average Bonchev–Trinajstić information content (AvgIpc) is 2.81. The second-order valence-corrected chi connectivity index (χ2v) is 5.45. The van der Waals surface area contributed by atoms with Crippen LogP contribution in [0.5, 0.6) is 0 Å². The van der Waals surface area contributed by atoms with Gasteiger partial charge in [-0.05, 0) is 26.7 Å². The number of nitrogens with one attached hydrogen (secondary N) is 1. The molecule has 1 aromatic rings. The molecule has 0 aliphatic rings.